The Hall–Kier alpha value is -1.82. The summed E-state index contributed by atoms with van der Waals surface area (Å²) in [6, 6.07) is 9.87. The number of carbonyl (C=O) groups is 1. The van der Waals surface area contributed by atoms with Gasteiger partial charge < -0.3 is 10.3 Å². The zero-order valence-electron chi connectivity index (χ0n) is 8.41. The van der Waals surface area contributed by atoms with Gasteiger partial charge in [-0.05, 0) is 5.56 Å². The predicted molar refractivity (Wildman–Crippen MR) is 61.0 cm³/mol. The molecule has 0 saturated heterocycles. The largest absolute Gasteiger partial charge is 0.360 e. The quantitative estimate of drug-likeness (QED) is 0.817. The molecule has 0 spiro atoms. The number of hydrogen-bond acceptors (Lipinski definition) is 4. The Morgan fingerprint density at radius 2 is 2.12 bits per heavy atom. The van der Waals surface area contributed by atoms with Crippen LogP contribution in [-0.4, -0.2) is 20.0 Å². The van der Waals surface area contributed by atoms with Crippen molar-refractivity contribution in [3.63, 3.8) is 0 Å². The number of hydrogen-bond donors (Lipinski definition) is 1. The first kappa shape index (κ1) is 10.7. The molecule has 1 aromatic heterocycles. The maximum absolute atomic E-state index is 10.8. The van der Waals surface area contributed by atoms with Crippen LogP contribution in [0.3, 0.4) is 0 Å². The molecule has 0 atom stereocenters. The van der Waals surface area contributed by atoms with E-state index >= 15 is 0 Å². The van der Waals surface area contributed by atoms with Crippen LogP contribution in [0.25, 0.3) is 0 Å². The van der Waals surface area contributed by atoms with Crippen LogP contribution in [-0.2, 0) is 6.54 Å². The Morgan fingerprint density at radius 3 is 2.81 bits per heavy atom. The van der Waals surface area contributed by atoms with E-state index < -0.39 is 5.24 Å². The van der Waals surface area contributed by atoms with Crippen molar-refractivity contribution in [2.75, 3.05) is 0 Å². The number of aromatic nitrogens is 3. The number of nitrogens with zero attached hydrogens (tertiary/aromatic N) is 3. The lowest BCUT2D eigenvalue weighted by atomic mass is 10.2. The van der Waals surface area contributed by atoms with Gasteiger partial charge >= 0.3 is 0 Å². The zero-order chi connectivity index (χ0) is 11.4. The monoisotopic (exact) mass is 234 g/mol. The molecule has 6 heteroatoms. The Labute approximate surface area is 96.7 Å². The number of primary amides is 1. The summed E-state index contributed by atoms with van der Waals surface area (Å²) in [4.78, 5) is 10.8. The molecule has 1 amide bonds. The number of carbonyl (C=O) groups excluding carboxylic acids is 1. The minimum atomic E-state index is -0.484. The summed E-state index contributed by atoms with van der Waals surface area (Å²) in [5, 5.41) is 7.61. The minimum absolute atomic E-state index is 0.484. The van der Waals surface area contributed by atoms with Gasteiger partial charge in [0.15, 0.2) is 0 Å². The van der Waals surface area contributed by atoms with E-state index in [2.05, 4.69) is 10.2 Å². The summed E-state index contributed by atoms with van der Waals surface area (Å²) in [5.41, 5.74) is 6.21. The highest BCUT2D eigenvalue weighted by molar-refractivity contribution is 8.13. The Kier molecular flexibility index (Phi) is 3.21. The summed E-state index contributed by atoms with van der Waals surface area (Å²) in [6.07, 6.45) is 1.58. The van der Waals surface area contributed by atoms with Gasteiger partial charge in [0, 0.05) is 11.8 Å². The van der Waals surface area contributed by atoms with Crippen molar-refractivity contribution in [2.24, 2.45) is 5.73 Å². The van der Waals surface area contributed by atoms with Gasteiger partial charge in [0.1, 0.15) is 6.33 Å². The van der Waals surface area contributed by atoms with E-state index in [9.17, 15) is 4.79 Å². The summed E-state index contributed by atoms with van der Waals surface area (Å²) < 4.78 is 1.78. The average molecular weight is 234 g/mol. The van der Waals surface area contributed by atoms with Gasteiger partial charge in [0.05, 0.1) is 6.54 Å². The van der Waals surface area contributed by atoms with Crippen LogP contribution in [0.1, 0.15) is 5.56 Å². The van der Waals surface area contributed by atoms with E-state index in [0.717, 1.165) is 17.3 Å². The van der Waals surface area contributed by atoms with Gasteiger partial charge in [-0.25, -0.2) is 0 Å². The lowest BCUT2D eigenvalue weighted by Gasteiger charge is -2.04. The molecule has 0 aliphatic carbocycles. The summed E-state index contributed by atoms with van der Waals surface area (Å²) in [6.45, 7) is 0.628. The van der Waals surface area contributed by atoms with Crippen molar-refractivity contribution in [3.8, 4) is 0 Å². The van der Waals surface area contributed by atoms with Crippen molar-refractivity contribution < 1.29 is 4.79 Å². The normalized spacial score (nSPS) is 10.2. The van der Waals surface area contributed by atoms with Crippen LogP contribution in [0.2, 0.25) is 0 Å². The second-order valence-electron chi connectivity index (χ2n) is 3.15. The van der Waals surface area contributed by atoms with Crippen molar-refractivity contribution in [2.45, 2.75) is 11.7 Å². The van der Waals surface area contributed by atoms with Gasteiger partial charge in [0.25, 0.3) is 5.24 Å². The molecule has 16 heavy (non-hydrogen) atoms. The summed E-state index contributed by atoms with van der Waals surface area (Å²) in [7, 11) is 0. The van der Waals surface area contributed by atoms with Gasteiger partial charge in [-0.2, -0.15) is 0 Å². The standard InChI is InChI=1S/C10H10N4OS/c11-9(15)16-10-13-12-7-14(10)6-8-4-2-1-3-5-8/h1-5,7H,6H2,(H2,11,15). The van der Waals surface area contributed by atoms with E-state index in [1.54, 1.807) is 10.9 Å². The Bertz CT molecular complexity index is 483. The average Bonchev–Trinajstić information content (AvgIpc) is 2.66. The molecule has 1 heterocycles. The fourth-order valence-electron chi connectivity index (χ4n) is 1.30. The van der Waals surface area contributed by atoms with Crippen LogP contribution < -0.4 is 5.73 Å². The third kappa shape index (κ3) is 2.60. The van der Waals surface area contributed by atoms with Crippen LogP contribution in [0.4, 0.5) is 4.79 Å². The molecule has 5 nitrogen and oxygen atoms in total. The predicted octanol–water partition coefficient (Wildman–Crippen LogP) is 1.50. The first-order chi connectivity index (χ1) is 7.75. The van der Waals surface area contributed by atoms with E-state index in [1.807, 2.05) is 30.3 Å². The second kappa shape index (κ2) is 4.80. The number of rotatable bonds is 3. The van der Waals surface area contributed by atoms with Crippen molar-refractivity contribution in [1.82, 2.24) is 14.8 Å². The maximum atomic E-state index is 10.8. The molecule has 0 aliphatic heterocycles. The van der Waals surface area contributed by atoms with Crippen molar-refractivity contribution in [3.05, 3.63) is 42.2 Å². The van der Waals surface area contributed by atoms with E-state index in [4.69, 9.17) is 5.73 Å². The molecule has 2 N–H and O–H groups in total. The lowest BCUT2D eigenvalue weighted by molar-refractivity contribution is 0.267. The number of amides is 1. The first-order valence-electron chi connectivity index (χ1n) is 4.65. The molecule has 1 aromatic carbocycles. The van der Waals surface area contributed by atoms with Crippen LogP contribution in [0.15, 0.2) is 41.8 Å². The third-order valence-electron chi connectivity index (χ3n) is 1.97. The van der Waals surface area contributed by atoms with Gasteiger partial charge in [0.2, 0.25) is 5.16 Å². The molecule has 0 unspecified atom stereocenters. The number of nitrogens with two attached hydrogens (primary N) is 1. The van der Waals surface area contributed by atoms with Crippen molar-refractivity contribution in [1.29, 1.82) is 0 Å². The highest BCUT2D eigenvalue weighted by atomic mass is 32.2. The molecule has 0 fully saturated rings. The van der Waals surface area contributed by atoms with Gasteiger partial charge in [-0.3, -0.25) is 4.79 Å². The zero-order valence-corrected chi connectivity index (χ0v) is 9.22. The fraction of sp³-hybridized carbons (Fsp3) is 0.100. The molecule has 0 aliphatic rings. The molecule has 82 valence electrons. The smallest absolute Gasteiger partial charge is 0.284 e. The molecule has 0 bridgehead atoms. The van der Waals surface area contributed by atoms with E-state index in [1.165, 1.54) is 0 Å². The summed E-state index contributed by atoms with van der Waals surface area (Å²) >= 11 is 0.879. The fourth-order valence-corrected chi connectivity index (χ4v) is 1.80. The maximum Gasteiger partial charge on any atom is 0.284 e. The molecule has 2 aromatic rings. The van der Waals surface area contributed by atoms with Crippen LogP contribution >= 0.6 is 11.8 Å². The number of thioether (sulfide) groups is 1. The van der Waals surface area contributed by atoms with Gasteiger partial charge in [-0.1, -0.05) is 30.3 Å². The minimum Gasteiger partial charge on any atom is -0.360 e. The van der Waals surface area contributed by atoms with Crippen molar-refractivity contribution >= 4 is 17.0 Å². The lowest BCUT2D eigenvalue weighted by Crippen LogP contribution is -2.06. The van der Waals surface area contributed by atoms with E-state index in [-0.39, 0.29) is 0 Å². The molecular weight excluding hydrogens is 224 g/mol. The third-order valence-corrected chi connectivity index (χ3v) is 2.67. The second-order valence-corrected chi connectivity index (χ2v) is 4.12. The molecular formula is C10H10N4OS. The Morgan fingerprint density at radius 1 is 1.38 bits per heavy atom. The van der Waals surface area contributed by atoms with Crippen LogP contribution in [0.5, 0.6) is 0 Å². The molecule has 0 radical (unpaired) electrons. The SMILES string of the molecule is NC(=O)Sc1nncn1Cc1ccccc1. The first-order valence-corrected chi connectivity index (χ1v) is 5.46. The van der Waals surface area contributed by atoms with E-state index in [0.29, 0.717) is 11.7 Å². The number of benzene rings is 1. The highest BCUT2D eigenvalue weighted by Gasteiger charge is 2.08. The summed E-state index contributed by atoms with van der Waals surface area (Å²) in [5.74, 6) is 0. The Balaban J connectivity index is 2.16. The van der Waals surface area contributed by atoms with Crippen LogP contribution in [0, 0.1) is 0 Å². The topological polar surface area (TPSA) is 73.8 Å². The molecule has 0 saturated carbocycles. The molecule has 2 rings (SSSR count). The highest BCUT2D eigenvalue weighted by Crippen LogP contribution is 2.15. The van der Waals surface area contributed by atoms with Gasteiger partial charge in [-0.15, -0.1) is 10.2 Å².